The number of halogens is 1. The summed E-state index contributed by atoms with van der Waals surface area (Å²) in [5, 5.41) is 0.592. The average molecular weight is 302 g/mol. The molecular formula is C17H16ClNO2. The third-order valence-electron chi connectivity index (χ3n) is 3.72. The quantitative estimate of drug-likeness (QED) is 0.840. The smallest absolute Gasteiger partial charge is 0.268 e. The van der Waals surface area contributed by atoms with Crippen LogP contribution < -0.4 is 9.64 Å². The van der Waals surface area contributed by atoms with E-state index >= 15 is 0 Å². The van der Waals surface area contributed by atoms with E-state index in [1.54, 1.807) is 24.0 Å². The maximum atomic E-state index is 12.5. The largest absolute Gasteiger partial charge is 0.479 e. The second kappa shape index (κ2) is 5.41. The summed E-state index contributed by atoms with van der Waals surface area (Å²) in [7, 11) is 0. The van der Waals surface area contributed by atoms with Crippen molar-refractivity contribution in [2.24, 2.45) is 0 Å². The number of anilines is 1. The number of carbonyl (C=O) groups excluding carboxylic acids is 1. The highest BCUT2D eigenvalue weighted by Crippen LogP contribution is 2.37. The Balaban J connectivity index is 2.03. The summed E-state index contributed by atoms with van der Waals surface area (Å²) < 4.78 is 5.65. The number of ether oxygens (including phenoxy) is 1. The zero-order chi connectivity index (χ0) is 15.0. The summed E-state index contributed by atoms with van der Waals surface area (Å²) in [6, 6.07) is 13.4. The van der Waals surface area contributed by atoms with Gasteiger partial charge in [0.05, 0.1) is 12.2 Å². The molecule has 2 aromatic rings. The van der Waals surface area contributed by atoms with Gasteiger partial charge in [0.1, 0.15) is 5.75 Å². The van der Waals surface area contributed by atoms with E-state index in [-0.39, 0.29) is 5.91 Å². The van der Waals surface area contributed by atoms with E-state index in [1.807, 2.05) is 37.3 Å². The Hall–Kier alpha value is -2.00. The predicted molar refractivity (Wildman–Crippen MR) is 83.9 cm³/mol. The first kappa shape index (κ1) is 14.0. The van der Waals surface area contributed by atoms with E-state index in [4.69, 9.17) is 16.3 Å². The molecule has 1 heterocycles. The fraction of sp³-hybridized carbons (Fsp3) is 0.235. The Labute approximate surface area is 129 Å². The van der Waals surface area contributed by atoms with Crippen molar-refractivity contribution in [2.45, 2.75) is 26.5 Å². The van der Waals surface area contributed by atoms with Crippen LogP contribution in [0.1, 0.15) is 18.1 Å². The summed E-state index contributed by atoms with van der Waals surface area (Å²) in [6.07, 6.45) is -0.484. The minimum absolute atomic E-state index is 0.0481. The van der Waals surface area contributed by atoms with Crippen molar-refractivity contribution >= 4 is 23.2 Å². The molecule has 3 nitrogen and oxygen atoms in total. The normalized spacial score (nSPS) is 17.4. The Morgan fingerprint density at radius 1 is 1.24 bits per heavy atom. The van der Waals surface area contributed by atoms with Crippen LogP contribution in [0, 0.1) is 6.92 Å². The highest BCUT2D eigenvalue weighted by molar-refractivity contribution is 6.31. The number of hydrogen-bond donors (Lipinski definition) is 0. The van der Waals surface area contributed by atoms with Gasteiger partial charge in [0.25, 0.3) is 5.91 Å². The molecule has 1 aliphatic heterocycles. The molecule has 1 atom stereocenters. The van der Waals surface area contributed by atoms with Crippen molar-refractivity contribution < 1.29 is 9.53 Å². The third-order valence-corrected chi connectivity index (χ3v) is 3.95. The molecular weight excluding hydrogens is 286 g/mol. The molecule has 0 radical (unpaired) electrons. The monoisotopic (exact) mass is 301 g/mol. The standard InChI is InChI=1S/C17H16ClNO2/c1-11-5-3-4-6-13(11)10-19-15-9-14(18)7-8-16(15)21-12(2)17(19)20/h3-9,12H,10H2,1-2H3. The van der Waals surface area contributed by atoms with Crippen molar-refractivity contribution in [1.82, 2.24) is 0 Å². The van der Waals surface area contributed by atoms with Crippen LogP contribution in [-0.2, 0) is 11.3 Å². The average Bonchev–Trinajstić information content (AvgIpc) is 2.46. The van der Waals surface area contributed by atoms with Crippen LogP contribution in [0.15, 0.2) is 42.5 Å². The lowest BCUT2D eigenvalue weighted by atomic mass is 10.1. The molecule has 0 saturated heterocycles. The fourth-order valence-electron chi connectivity index (χ4n) is 2.50. The van der Waals surface area contributed by atoms with Crippen LogP contribution in [0.25, 0.3) is 0 Å². The van der Waals surface area contributed by atoms with Gasteiger partial charge in [-0.1, -0.05) is 35.9 Å². The Morgan fingerprint density at radius 2 is 2.00 bits per heavy atom. The second-order valence-electron chi connectivity index (χ2n) is 5.22. The second-order valence-corrected chi connectivity index (χ2v) is 5.66. The number of benzene rings is 2. The predicted octanol–water partition coefficient (Wildman–Crippen LogP) is 3.96. The molecule has 0 aromatic heterocycles. The van der Waals surface area contributed by atoms with E-state index in [2.05, 4.69) is 0 Å². The number of rotatable bonds is 2. The molecule has 21 heavy (non-hydrogen) atoms. The maximum Gasteiger partial charge on any atom is 0.268 e. The summed E-state index contributed by atoms with van der Waals surface area (Å²) in [4.78, 5) is 14.2. The Kier molecular flexibility index (Phi) is 3.60. The van der Waals surface area contributed by atoms with E-state index < -0.39 is 6.10 Å². The van der Waals surface area contributed by atoms with Crippen molar-refractivity contribution in [3.8, 4) is 5.75 Å². The lowest BCUT2D eigenvalue weighted by Gasteiger charge is -2.33. The molecule has 1 unspecified atom stereocenters. The van der Waals surface area contributed by atoms with Gasteiger partial charge in [0.2, 0.25) is 0 Å². The van der Waals surface area contributed by atoms with Gasteiger partial charge in [-0.3, -0.25) is 4.79 Å². The molecule has 0 bridgehead atoms. The summed E-state index contributed by atoms with van der Waals surface area (Å²) in [5.41, 5.74) is 3.01. The first-order valence-corrected chi connectivity index (χ1v) is 7.26. The summed E-state index contributed by atoms with van der Waals surface area (Å²) in [6.45, 7) is 4.33. The molecule has 1 aliphatic rings. The molecule has 108 valence electrons. The number of hydrogen-bond acceptors (Lipinski definition) is 2. The fourth-order valence-corrected chi connectivity index (χ4v) is 2.67. The minimum atomic E-state index is -0.484. The minimum Gasteiger partial charge on any atom is -0.479 e. The highest BCUT2D eigenvalue weighted by Gasteiger charge is 2.31. The van der Waals surface area contributed by atoms with Crippen LogP contribution in [0.4, 0.5) is 5.69 Å². The van der Waals surface area contributed by atoms with E-state index in [9.17, 15) is 4.79 Å². The molecule has 3 rings (SSSR count). The summed E-state index contributed by atoms with van der Waals surface area (Å²) in [5.74, 6) is 0.646. The van der Waals surface area contributed by atoms with E-state index in [0.29, 0.717) is 17.3 Å². The zero-order valence-electron chi connectivity index (χ0n) is 12.0. The van der Waals surface area contributed by atoms with Crippen LogP contribution in [0.3, 0.4) is 0 Å². The Bertz CT molecular complexity index is 699. The molecule has 4 heteroatoms. The van der Waals surface area contributed by atoms with Gasteiger partial charge in [-0.2, -0.15) is 0 Å². The topological polar surface area (TPSA) is 29.5 Å². The number of carbonyl (C=O) groups is 1. The number of aryl methyl sites for hydroxylation is 1. The van der Waals surface area contributed by atoms with Gasteiger partial charge in [-0.15, -0.1) is 0 Å². The number of amides is 1. The van der Waals surface area contributed by atoms with Gasteiger partial charge < -0.3 is 9.64 Å². The highest BCUT2D eigenvalue weighted by atomic mass is 35.5. The first-order valence-electron chi connectivity index (χ1n) is 6.88. The van der Waals surface area contributed by atoms with Crippen molar-refractivity contribution in [3.05, 3.63) is 58.6 Å². The maximum absolute atomic E-state index is 12.5. The van der Waals surface area contributed by atoms with Crippen molar-refractivity contribution in [2.75, 3.05) is 4.90 Å². The molecule has 0 fully saturated rings. The lowest BCUT2D eigenvalue weighted by Crippen LogP contribution is -2.44. The van der Waals surface area contributed by atoms with Gasteiger partial charge in [-0.05, 0) is 43.2 Å². The number of nitrogens with zero attached hydrogens (tertiary/aromatic N) is 1. The van der Waals surface area contributed by atoms with Crippen molar-refractivity contribution in [1.29, 1.82) is 0 Å². The molecule has 0 N–H and O–H groups in total. The zero-order valence-corrected chi connectivity index (χ0v) is 12.7. The molecule has 0 aliphatic carbocycles. The first-order chi connectivity index (χ1) is 10.1. The SMILES string of the molecule is Cc1ccccc1CN1C(=O)C(C)Oc2ccc(Cl)cc21. The van der Waals surface area contributed by atoms with E-state index in [0.717, 1.165) is 16.8 Å². The molecule has 1 amide bonds. The van der Waals surface area contributed by atoms with Crippen LogP contribution in [0.5, 0.6) is 5.75 Å². The summed E-state index contributed by atoms with van der Waals surface area (Å²) >= 11 is 6.07. The van der Waals surface area contributed by atoms with Crippen LogP contribution in [-0.4, -0.2) is 12.0 Å². The van der Waals surface area contributed by atoms with Crippen LogP contribution >= 0.6 is 11.6 Å². The van der Waals surface area contributed by atoms with Gasteiger partial charge in [-0.25, -0.2) is 0 Å². The molecule has 0 saturated carbocycles. The molecule has 0 spiro atoms. The third kappa shape index (κ3) is 2.61. The van der Waals surface area contributed by atoms with Crippen molar-refractivity contribution in [3.63, 3.8) is 0 Å². The van der Waals surface area contributed by atoms with E-state index in [1.165, 1.54) is 0 Å². The van der Waals surface area contributed by atoms with Gasteiger partial charge in [0.15, 0.2) is 6.10 Å². The van der Waals surface area contributed by atoms with Gasteiger partial charge >= 0.3 is 0 Å². The number of fused-ring (bicyclic) bond motifs is 1. The lowest BCUT2D eigenvalue weighted by molar-refractivity contribution is -0.125. The van der Waals surface area contributed by atoms with Gasteiger partial charge in [0, 0.05) is 5.02 Å². The molecule has 2 aromatic carbocycles. The van der Waals surface area contributed by atoms with Crippen LogP contribution in [0.2, 0.25) is 5.02 Å². The Morgan fingerprint density at radius 3 is 2.76 bits per heavy atom.